The minimum Gasteiger partial charge on any atom is -0.330 e. The van der Waals surface area contributed by atoms with Crippen LogP contribution in [0.3, 0.4) is 0 Å². The quantitative estimate of drug-likeness (QED) is 0.430. The summed E-state index contributed by atoms with van der Waals surface area (Å²) in [4.78, 5) is 0. The largest absolute Gasteiger partial charge is 0.330 e. The maximum Gasteiger partial charge on any atom is 0.0194 e. The third kappa shape index (κ3) is 6.43. The molecule has 16 heavy (non-hydrogen) atoms. The molecule has 98 valence electrons. The predicted octanol–water partition coefficient (Wildman–Crippen LogP) is 0.391. The van der Waals surface area contributed by atoms with E-state index < -0.39 is 0 Å². The Bertz CT molecular complexity index is 163. The normalized spacial score (nSPS) is 19.1. The third-order valence-electron chi connectivity index (χ3n) is 3.53. The molecule has 0 bridgehead atoms. The van der Waals surface area contributed by atoms with E-state index in [2.05, 4.69) is 13.8 Å². The van der Waals surface area contributed by atoms with Gasteiger partial charge in [0, 0.05) is 12.1 Å². The molecule has 0 spiro atoms. The molecule has 4 atom stereocenters. The van der Waals surface area contributed by atoms with Gasteiger partial charge in [0.05, 0.1) is 0 Å². The van der Waals surface area contributed by atoms with Crippen LogP contribution in [-0.4, -0.2) is 25.2 Å². The summed E-state index contributed by atoms with van der Waals surface area (Å²) < 4.78 is 0. The van der Waals surface area contributed by atoms with Crippen LogP contribution in [0.25, 0.3) is 0 Å². The summed E-state index contributed by atoms with van der Waals surface area (Å²) in [6.07, 6.45) is 4.05. The molecule has 0 aliphatic rings. The van der Waals surface area contributed by atoms with Crippen LogP contribution in [0.5, 0.6) is 0 Å². The molecular formula is C12H30N4. The molecule has 0 aliphatic heterocycles. The Balaban J connectivity index is 3.80. The van der Waals surface area contributed by atoms with E-state index in [1.54, 1.807) is 0 Å². The predicted molar refractivity (Wildman–Crippen MR) is 70.9 cm³/mol. The van der Waals surface area contributed by atoms with Crippen LogP contribution in [0, 0.1) is 11.8 Å². The van der Waals surface area contributed by atoms with Gasteiger partial charge < -0.3 is 22.9 Å². The highest BCUT2D eigenvalue weighted by molar-refractivity contribution is 4.79. The van der Waals surface area contributed by atoms with Crippen LogP contribution < -0.4 is 22.9 Å². The highest BCUT2D eigenvalue weighted by Gasteiger charge is 2.19. The fourth-order valence-corrected chi connectivity index (χ4v) is 1.81. The Morgan fingerprint density at radius 2 is 1.50 bits per heavy atom. The van der Waals surface area contributed by atoms with Crippen LogP contribution in [0.1, 0.15) is 39.5 Å². The Labute approximate surface area is 100 Å². The first-order valence-electron chi connectivity index (χ1n) is 6.44. The van der Waals surface area contributed by atoms with E-state index >= 15 is 0 Å². The molecule has 4 unspecified atom stereocenters. The van der Waals surface area contributed by atoms with Crippen LogP contribution in [0.2, 0.25) is 0 Å². The topological polar surface area (TPSA) is 104 Å². The molecule has 4 nitrogen and oxygen atoms in total. The minimum atomic E-state index is 0.0850. The van der Waals surface area contributed by atoms with Gasteiger partial charge in [-0.25, -0.2) is 0 Å². The molecule has 4 heteroatoms. The summed E-state index contributed by atoms with van der Waals surface area (Å²) in [5.41, 5.74) is 23.2. The van der Waals surface area contributed by atoms with Crippen molar-refractivity contribution >= 4 is 0 Å². The first kappa shape index (κ1) is 15.8. The van der Waals surface area contributed by atoms with Crippen LogP contribution in [0.15, 0.2) is 0 Å². The smallest absolute Gasteiger partial charge is 0.0194 e. The summed E-state index contributed by atoms with van der Waals surface area (Å²) in [6.45, 7) is 5.82. The maximum atomic E-state index is 6.10. The summed E-state index contributed by atoms with van der Waals surface area (Å²) in [7, 11) is 0. The fraction of sp³-hybridized carbons (Fsp3) is 1.00. The van der Waals surface area contributed by atoms with Gasteiger partial charge in [-0.1, -0.05) is 20.3 Å². The van der Waals surface area contributed by atoms with Gasteiger partial charge in [-0.2, -0.15) is 0 Å². The highest BCUT2D eigenvalue weighted by atomic mass is 14.8. The van der Waals surface area contributed by atoms with E-state index in [1.807, 2.05) is 0 Å². The van der Waals surface area contributed by atoms with Crippen LogP contribution in [-0.2, 0) is 0 Å². The molecule has 0 radical (unpaired) electrons. The number of hydrogen-bond acceptors (Lipinski definition) is 4. The monoisotopic (exact) mass is 230 g/mol. The molecular weight excluding hydrogens is 200 g/mol. The van der Waals surface area contributed by atoms with Gasteiger partial charge in [0.2, 0.25) is 0 Å². The van der Waals surface area contributed by atoms with Gasteiger partial charge in [-0.15, -0.1) is 0 Å². The molecule has 0 aromatic heterocycles. The molecule has 8 N–H and O–H groups in total. The zero-order chi connectivity index (χ0) is 12.6. The number of unbranched alkanes of at least 4 members (excludes halogenated alkanes) is 1. The minimum absolute atomic E-state index is 0.0850. The number of rotatable bonds is 9. The molecule has 0 saturated heterocycles. The van der Waals surface area contributed by atoms with Crippen molar-refractivity contribution in [3.05, 3.63) is 0 Å². The Kier molecular flexibility index (Phi) is 8.84. The van der Waals surface area contributed by atoms with E-state index in [0.717, 1.165) is 38.8 Å². The van der Waals surface area contributed by atoms with Crippen LogP contribution >= 0.6 is 0 Å². The third-order valence-corrected chi connectivity index (χ3v) is 3.53. The molecule has 0 aliphatic carbocycles. The van der Waals surface area contributed by atoms with Crippen molar-refractivity contribution in [2.45, 2.75) is 51.6 Å². The Morgan fingerprint density at radius 3 is 2.00 bits per heavy atom. The lowest BCUT2D eigenvalue weighted by molar-refractivity contribution is 0.318. The van der Waals surface area contributed by atoms with E-state index in [0.29, 0.717) is 11.8 Å². The second-order valence-electron chi connectivity index (χ2n) is 5.04. The van der Waals surface area contributed by atoms with Crippen molar-refractivity contribution < 1.29 is 0 Å². The zero-order valence-corrected chi connectivity index (χ0v) is 10.9. The van der Waals surface area contributed by atoms with E-state index in [-0.39, 0.29) is 12.1 Å². The lowest BCUT2D eigenvalue weighted by atomic mass is 9.87. The first-order chi connectivity index (χ1) is 7.52. The van der Waals surface area contributed by atoms with Crippen molar-refractivity contribution in [3.63, 3.8) is 0 Å². The second-order valence-corrected chi connectivity index (χ2v) is 5.04. The molecule has 0 rings (SSSR count). The van der Waals surface area contributed by atoms with Crippen molar-refractivity contribution in [1.29, 1.82) is 0 Å². The molecule has 0 amide bonds. The van der Waals surface area contributed by atoms with Gasteiger partial charge in [-0.3, -0.25) is 0 Å². The van der Waals surface area contributed by atoms with Gasteiger partial charge in [0.1, 0.15) is 0 Å². The van der Waals surface area contributed by atoms with Crippen molar-refractivity contribution in [2.24, 2.45) is 34.8 Å². The average Bonchev–Trinajstić information content (AvgIpc) is 2.27. The zero-order valence-electron chi connectivity index (χ0n) is 10.9. The SMILES string of the molecule is CC(CN)C(C)CC(N)C(N)CCCCN. The lowest BCUT2D eigenvalue weighted by Gasteiger charge is -2.26. The molecule has 0 heterocycles. The van der Waals surface area contributed by atoms with Gasteiger partial charge in [0.25, 0.3) is 0 Å². The van der Waals surface area contributed by atoms with Crippen molar-refractivity contribution in [1.82, 2.24) is 0 Å². The maximum absolute atomic E-state index is 6.10. The molecule has 0 aromatic rings. The first-order valence-corrected chi connectivity index (χ1v) is 6.44. The number of nitrogens with two attached hydrogens (primary N) is 4. The fourth-order valence-electron chi connectivity index (χ4n) is 1.81. The summed E-state index contributed by atoms with van der Waals surface area (Å²) in [6, 6.07) is 0.181. The summed E-state index contributed by atoms with van der Waals surface area (Å²) in [5, 5.41) is 0. The Hall–Kier alpha value is -0.160. The van der Waals surface area contributed by atoms with Crippen molar-refractivity contribution in [3.8, 4) is 0 Å². The molecule has 0 saturated carbocycles. The molecule has 0 aromatic carbocycles. The Morgan fingerprint density at radius 1 is 0.875 bits per heavy atom. The standard InChI is InChI=1S/C12H30N4/c1-9(10(2)8-14)7-12(16)11(15)5-3-4-6-13/h9-12H,3-8,13-16H2,1-2H3. The molecule has 0 fully saturated rings. The van der Waals surface area contributed by atoms with Gasteiger partial charge >= 0.3 is 0 Å². The summed E-state index contributed by atoms with van der Waals surface area (Å²) in [5.74, 6) is 1.06. The lowest BCUT2D eigenvalue weighted by Crippen LogP contribution is -2.43. The van der Waals surface area contributed by atoms with Crippen molar-refractivity contribution in [2.75, 3.05) is 13.1 Å². The average molecular weight is 230 g/mol. The van der Waals surface area contributed by atoms with E-state index in [4.69, 9.17) is 22.9 Å². The van der Waals surface area contributed by atoms with Gasteiger partial charge in [-0.05, 0) is 44.2 Å². The van der Waals surface area contributed by atoms with E-state index in [1.165, 1.54) is 0 Å². The highest BCUT2D eigenvalue weighted by Crippen LogP contribution is 2.17. The van der Waals surface area contributed by atoms with Gasteiger partial charge in [0.15, 0.2) is 0 Å². The summed E-state index contributed by atoms with van der Waals surface area (Å²) >= 11 is 0. The number of hydrogen-bond donors (Lipinski definition) is 4. The second kappa shape index (κ2) is 8.93. The van der Waals surface area contributed by atoms with E-state index in [9.17, 15) is 0 Å². The van der Waals surface area contributed by atoms with Crippen LogP contribution in [0.4, 0.5) is 0 Å².